The minimum Gasteiger partial charge on any atom is -0.465 e. The van der Waals surface area contributed by atoms with E-state index in [4.69, 9.17) is 44.8 Å². The summed E-state index contributed by atoms with van der Waals surface area (Å²) in [5.74, 6) is -2.89. The Balaban J connectivity index is 0.0000104. The van der Waals surface area contributed by atoms with Crippen LogP contribution in [0.15, 0.2) is 127 Å². The van der Waals surface area contributed by atoms with Gasteiger partial charge in [0.05, 0.1) is 32.3 Å². The molecule has 0 bridgehead atoms. The molecule has 0 heterocycles. The Bertz CT molecular complexity index is 2550. The number of carbonyl (C=O) groups is 5. The zero-order valence-electron chi connectivity index (χ0n) is 44.0. The number of ether oxygens (including phenoxy) is 7. The molecular formula is C61H74ClO12P. The number of ketones is 2. The van der Waals surface area contributed by atoms with Crippen molar-refractivity contribution in [1.29, 1.82) is 0 Å². The summed E-state index contributed by atoms with van der Waals surface area (Å²) in [6.45, 7) is 9.58. The second-order valence-electron chi connectivity index (χ2n) is 19.6. The number of unbranched alkanes of at least 4 members (excludes halogenated alkanes) is 2. The van der Waals surface area contributed by atoms with E-state index in [2.05, 4.69) is 24.3 Å². The largest absolute Gasteiger partial charge is 0.465 e. The van der Waals surface area contributed by atoms with Crippen molar-refractivity contribution in [3.05, 3.63) is 166 Å². The molecule has 0 spiro atoms. The van der Waals surface area contributed by atoms with Crippen molar-refractivity contribution in [2.75, 3.05) is 59.5 Å². The molecule has 0 saturated heterocycles. The van der Waals surface area contributed by atoms with Gasteiger partial charge in [0.1, 0.15) is 25.4 Å². The predicted molar refractivity (Wildman–Crippen MR) is 295 cm³/mol. The lowest BCUT2D eigenvalue weighted by Crippen LogP contribution is -2.36. The molecule has 5 aromatic carbocycles. The number of carbonyl (C=O) groups excluding carboxylic acids is 5. The average molecular weight is 1070 g/mol. The van der Waals surface area contributed by atoms with Gasteiger partial charge in [0.2, 0.25) is 0 Å². The molecule has 5 aromatic rings. The molecule has 3 atom stereocenters. The molecular weight excluding hydrogens is 991 g/mol. The number of halogens is 1. The normalized spacial score (nSPS) is 13.1. The van der Waals surface area contributed by atoms with Gasteiger partial charge < -0.3 is 33.2 Å². The van der Waals surface area contributed by atoms with E-state index in [0.717, 1.165) is 12.0 Å². The molecule has 1 aliphatic carbocycles. The highest BCUT2D eigenvalue weighted by atomic mass is 35.5. The second-order valence-corrected chi connectivity index (χ2v) is 20.0. The summed E-state index contributed by atoms with van der Waals surface area (Å²) < 4.78 is 40.3. The van der Waals surface area contributed by atoms with Crippen LogP contribution in [0.4, 0.5) is 0 Å². The van der Waals surface area contributed by atoms with Crippen LogP contribution in [-0.4, -0.2) is 94.5 Å². The van der Waals surface area contributed by atoms with Crippen molar-refractivity contribution < 1.29 is 57.1 Å². The standard InChI is InChI=1S/C61H71ClO12.H3P/c1-44-28-31-47(32-29-44)61(46-18-6-5-7-19-46,55-25-12-13-26-56(55)62)73-58(66)33-30-45(59(67)74-60(2,3)4)40-49(64)42-71-41-48(63)20-14-16-34-68-36-38-70-39-37-69-35-17-15-27-57(65)72-43-54-52-23-10-8-21-50(52)51-22-9-11-24-53(51)54;/h5-13,18-19,21-26,28-29,31-32,45,54H,14-17,20,27,30,33-43H2,1-4H3;1H3. The van der Waals surface area contributed by atoms with Gasteiger partial charge in [-0.15, -0.1) is 0 Å². The summed E-state index contributed by atoms with van der Waals surface area (Å²) in [4.78, 5) is 65.8. The molecule has 0 saturated carbocycles. The number of fused-ring (bicyclic) bond motifs is 3. The Kier molecular flexibility index (Phi) is 24.8. The lowest BCUT2D eigenvalue weighted by atomic mass is 9.79. The second kappa shape index (κ2) is 30.8. The topological polar surface area (TPSA) is 150 Å². The van der Waals surface area contributed by atoms with Gasteiger partial charge in [-0.3, -0.25) is 24.0 Å². The summed E-state index contributed by atoms with van der Waals surface area (Å²) >= 11 is 6.84. The highest BCUT2D eigenvalue weighted by molar-refractivity contribution is 6.92. The third-order valence-corrected chi connectivity index (χ3v) is 13.0. The lowest BCUT2D eigenvalue weighted by molar-refractivity contribution is -0.162. The molecule has 0 fully saturated rings. The molecule has 0 N–H and O–H groups in total. The van der Waals surface area contributed by atoms with Gasteiger partial charge in [-0.2, -0.15) is 9.90 Å². The van der Waals surface area contributed by atoms with Gasteiger partial charge in [0.15, 0.2) is 17.2 Å². The fourth-order valence-corrected chi connectivity index (χ4v) is 9.24. The zero-order valence-corrected chi connectivity index (χ0v) is 46.2. The monoisotopic (exact) mass is 1060 g/mol. The van der Waals surface area contributed by atoms with Gasteiger partial charge in [0, 0.05) is 66.5 Å². The van der Waals surface area contributed by atoms with Gasteiger partial charge in [-0.1, -0.05) is 138 Å². The van der Waals surface area contributed by atoms with Gasteiger partial charge in [-0.25, -0.2) is 0 Å². The van der Waals surface area contributed by atoms with E-state index >= 15 is 0 Å². The van der Waals surface area contributed by atoms with E-state index in [1.807, 2.05) is 97.9 Å². The predicted octanol–water partition coefficient (Wildman–Crippen LogP) is 11.6. The van der Waals surface area contributed by atoms with Crippen molar-refractivity contribution in [1.82, 2.24) is 0 Å². The van der Waals surface area contributed by atoms with E-state index < -0.39 is 34.8 Å². The first-order valence-corrected chi connectivity index (χ1v) is 26.1. The first-order chi connectivity index (χ1) is 35.7. The fraction of sp³-hybridized carbons (Fsp3) is 0.426. The Morgan fingerprint density at radius 1 is 0.547 bits per heavy atom. The zero-order chi connectivity index (χ0) is 52.8. The van der Waals surface area contributed by atoms with Crippen molar-refractivity contribution in [3.8, 4) is 11.1 Å². The fourth-order valence-electron chi connectivity index (χ4n) is 8.97. The number of benzene rings is 5. The highest BCUT2D eigenvalue weighted by Gasteiger charge is 2.42. The van der Waals surface area contributed by atoms with Crippen molar-refractivity contribution in [2.24, 2.45) is 5.92 Å². The Hall–Kier alpha value is -5.59. The van der Waals surface area contributed by atoms with Crippen LogP contribution in [0.5, 0.6) is 0 Å². The lowest BCUT2D eigenvalue weighted by Gasteiger charge is -2.36. The van der Waals surface area contributed by atoms with E-state index in [1.54, 1.807) is 32.9 Å². The first kappa shape index (κ1) is 60.3. The summed E-state index contributed by atoms with van der Waals surface area (Å²) in [5.41, 5.74) is 5.51. The van der Waals surface area contributed by atoms with Gasteiger partial charge in [0.25, 0.3) is 0 Å². The van der Waals surface area contributed by atoms with Crippen LogP contribution in [0.1, 0.15) is 118 Å². The summed E-state index contributed by atoms with van der Waals surface area (Å²) in [7, 11) is 0. The molecule has 0 amide bonds. The first-order valence-electron chi connectivity index (χ1n) is 25.8. The number of aryl methyl sites for hydroxylation is 1. The maximum absolute atomic E-state index is 14.0. The SMILES string of the molecule is Cc1ccc(C(OC(=O)CCC(CC(=O)COCC(=O)CCCCOCCOCCOCCCCC(=O)OCC2c3ccccc3-c3ccccc32)C(=O)OC(C)(C)C)(c2ccccc2)c2ccccc2Cl)cc1.P. The van der Waals surface area contributed by atoms with Crippen molar-refractivity contribution in [2.45, 2.75) is 103 Å². The highest BCUT2D eigenvalue weighted by Crippen LogP contribution is 2.45. The Morgan fingerprint density at radius 2 is 1.08 bits per heavy atom. The summed E-state index contributed by atoms with van der Waals surface area (Å²) in [5, 5.41) is 0.404. The Labute approximate surface area is 451 Å². The van der Waals surface area contributed by atoms with Crippen molar-refractivity contribution >= 4 is 51.0 Å². The summed E-state index contributed by atoms with van der Waals surface area (Å²) in [6, 6.07) is 40.8. The van der Waals surface area contributed by atoms with Crippen LogP contribution < -0.4 is 0 Å². The molecule has 0 radical (unpaired) electrons. The number of esters is 3. The maximum Gasteiger partial charge on any atom is 0.309 e. The number of rotatable bonds is 32. The molecule has 75 heavy (non-hydrogen) atoms. The molecule has 0 aromatic heterocycles. The average Bonchev–Trinajstić information content (AvgIpc) is 3.70. The Morgan fingerprint density at radius 3 is 1.69 bits per heavy atom. The van der Waals surface area contributed by atoms with Crippen LogP contribution in [0.3, 0.4) is 0 Å². The van der Waals surface area contributed by atoms with Gasteiger partial charge >= 0.3 is 17.9 Å². The molecule has 6 rings (SSSR count). The van der Waals surface area contributed by atoms with Gasteiger partial charge in [-0.05, 0) is 88.1 Å². The molecule has 12 nitrogen and oxygen atoms in total. The molecule has 0 aliphatic heterocycles. The quantitative estimate of drug-likeness (QED) is 0.0133. The smallest absolute Gasteiger partial charge is 0.309 e. The van der Waals surface area contributed by atoms with Crippen LogP contribution in [0.2, 0.25) is 5.02 Å². The summed E-state index contributed by atoms with van der Waals surface area (Å²) in [6.07, 6.45) is 2.83. The third-order valence-electron chi connectivity index (χ3n) is 12.6. The molecule has 402 valence electrons. The number of hydrogen-bond donors (Lipinski definition) is 0. The van der Waals surface area contributed by atoms with Crippen molar-refractivity contribution in [3.63, 3.8) is 0 Å². The van der Waals surface area contributed by atoms with Crippen LogP contribution in [0, 0.1) is 12.8 Å². The van der Waals surface area contributed by atoms with E-state index in [0.29, 0.717) is 93.6 Å². The minimum absolute atomic E-state index is 0. The molecule has 3 unspecified atom stereocenters. The third kappa shape index (κ3) is 18.6. The molecule has 14 heteroatoms. The maximum atomic E-state index is 14.0. The van der Waals surface area contributed by atoms with E-state index in [1.165, 1.54) is 22.3 Å². The van der Waals surface area contributed by atoms with Crippen LogP contribution in [0.25, 0.3) is 11.1 Å². The van der Waals surface area contributed by atoms with Crippen LogP contribution >= 0.6 is 21.5 Å². The van der Waals surface area contributed by atoms with E-state index in [9.17, 15) is 24.0 Å². The minimum atomic E-state index is -1.43. The van der Waals surface area contributed by atoms with Crippen LogP contribution in [-0.2, 0) is 62.7 Å². The van der Waals surface area contributed by atoms with E-state index in [-0.39, 0.29) is 66.5 Å². The number of Topliss-reactive ketones (excluding diaryl/α,β-unsaturated/α-hetero) is 2. The molecule has 1 aliphatic rings. The number of hydrogen-bond acceptors (Lipinski definition) is 12.